The Hall–Kier alpha value is -4.64. The Bertz CT molecular complexity index is 1890. The van der Waals surface area contributed by atoms with E-state index >= 15 is 0 Å². The van der Waals surface area contributed by atoms with Crippen LogP contribution < -0.4 is 9.47 Å². The summed E-state index contributed by atoms with van der Waals surface area (Å²) in [5.41, 5.74) is 4.72. The van der Waals surface area contributed by atoms with E-state index < -0.39 is 23.8 Å². The highest BCUT2D eigenvalue weighted by molar-refractivity contribution is 6.03. The van der Waals surface area contributed by atoms with Crippen LogP contribution in [0.4, 0.5) is 4.79 Å². The number of rotatable bonds is 18. The smallest absolute Gasteiger partial charge is 0.410 e. The minimum atomic E-state index is -1.35. The molecule has 2 aliphatic carbocycles. The second-order valence-electron chi connectivity index (χ2n) is 16.9. The van der Waals surface area contributed by atoms with Gasteiger partial charge in [-0.25, -0.2) is 4.79 Å². The van der Waals surface area contributed by atoms with Gasteiger partial charge in [0.15, 0.2) is 0 Å². The number of amides is 1. The van der Waals surface area contributed by atoms with E-state index in [2.05, 4.69) is 43.0 Å². The SMILES string of the molecule is C=CCO[C@@]12Oc3ccc(Oc4ccc(-c5ccccc5)cc4)cc3[C@H]3[C@H](CCCCO)[C@@H](CCCCO)C=C(C(=NOCC)C[C@@H]1N(C)C(=O)OCC(C)(C)C)[C@H]32. The van der Waals surface area contributed by atoms with Gasteiger partial charge in [0.2, 0.25) is 5.79 Å². The number of aliphatic hydroxyl groups excluding tert-OH is 2. The Morgan fingerprint density at radius 3 is 2.33 bits per heavy atom. The van der Waals surface area contributed by atoms with Gasteiger partial charge in [0.05, 0.1) is 24.8 Å². The fourth-order valence-corrected chi connectivity index (χ4v) is 8.92. The molecule has 58 heavy (non-hydrogen) atoms. The molecule has 3 aromatic rings. The second-order valence-corrected chi connectivity index (χ2v) is 16.9. The molecular weight excluding hydrogens is 733 g/mol. The van der Waals surface area contributed by atoms with Crippen LogP contribution in [0.3, 0.4) is 0 Å². The lowest BCUT2D eigenvalue weighted by molar-refractivity contribution is -0.253. The lowest BCUT2D eigenvalue weighted by Gasteiger charge is -2.59. The van der Waals surface area contributed by atoms with Crippen molar-refractivity contribution in [2.45, 2.75) is 90.4 Å². The van der Waals surface area contributed by atoms with Crippen molar-refractivity contribution in [2.24, 2.45) is 28.3 Å². The maximum absolute atomic E-state index is 14.0. The molecule has 1 heterocycles. The third-order valence-corrected chi connectivity index (χ3v) is 11.5. The van der Waals surface area contributed by atoms with Gasteiger partial charge in [-0.05, 0) is 96.9 Å². The third kappa shape index (κ3) is 9.62. The van der Waals surface area contributed by atoms with Gasteiger partial charge in [-0.1, -0.05) is 93.4 Å². The summed E-state index contributed by atoms with van der Waals surface area (Å²) in [6, 6.07) is 23.7. The molecule has 312 valence electrons. The van der Waals surface area contributed by atoms with Crippen molar-refractivity contribution in [2.75, 3.05) is 40.1 Å². The van der Waals surface area contributed by atoms with Crippen molar-refractivity contribution >= 4 is 11.8 Å². The zero-order valence-corrected chi connectivity index (χ0v) is 34.9. The average Bonchev–Trinajstić information content (AvgIpc) is 3.22. The highest BCUT2D eigenvalue weighted by atomic mass is 16.7. The van der Waals surface area contributed by atoms with Gasteiger partial charge in [0.1, 0.15) is 29.9 Å². The minimum absolute atomic E-state index is 0.0963. The molecular formula is C48H62N2O8. The number of hydrogen-bond donors (Lipinski definition) is 2. The first-order valence-corrected chi connectivity index (χ1v) is 21.0. The van der Waals surface area contributed by atoms with Crippen molar-refractivity contribution in [3.05, 3.63) is 103 Å². The molecule has 6 rings (SSSR count). The van der Waals surface area contributed by atoms with Crippen molar-refractivity contribution in [3.63, 3.8) is 0 Å². The van der Waals surface area contributed by atoms with Gasteiger partial charge >= 0.3 is 6.09 Å². The van der Waals surface area contributed by atoms with Gasteiger partial charge in [-0.15, -0.1) is 6.58 Å². The Balaban J connectivity index is 1.50. The summed E-state index contributed by atoms with van der Waals surface area (Å²) in [5, 5.41) is 24.5. The molecule has 0 bridgehead atoms. The van der Waals surface area contributed by atoms with Crippen LogP contribution in [-0.4, -0.2) is 78.8 Å². The van der Waals surface area contributed by atoms with Crippen LogP contribution in [-0.2, 0) is 14.3 Å². The van der Waals surface area contributed by atoms with Crippen LogP contribution in [0.5, 0.6) is 17.2 Å². The number of allylic oxidation sites excluding steroid dienone is 1. The molecule has 0 aromatic heterocycles. The molecule has 1 saturated carbocycles. The zero-order chi connectivity index (χ0) is 41.3. The lowest BCUT2D eigenvalue weighted by Crippen LogP contribution is -2.69. The van der Waals surface area contributed by atoms with Crippen LogP contribution in [0.15, 0.2) is 102 Å². The third-order valence-electron chi connectivity index (χ3n) is 11.5. The molecule has 2 N–H and O–H groups in total. The van der Waals surface area contributed by atoms with E-state index in [1.54, 1.807) is 18.0 Å². The van der Waals surface area contributed by atoms with E-state index in [0.29, 0.717) is 43.1 Å². The molecule has 0 saturated heterocycles. The number of hydrogen-bond acceptors (Lipinski definition) is 9. The number of oxime groups is 1. The van der Waals surface area contributed by atoms with E-state index in [4.69, 9.17) is 28.9 Å². The van der Waals surface area contributed by atoms with Gasteiger partial charge < -0.3 is 38.9 Å². The van der Waals surface area contributed by atoms with Crippen LogP contribution in [0.25, 0.3) is 11.1 Å². The lowest BCUT2D eigenvalue weighted by atomic mass is 9.55. The van der Waals surface area contributed by atoms with Crippen molar-refractivity contribution in [1.29, 1.82) is 0 Å². The molecule has 6 atom stereocenters. The number of benzene rings is 3. The molecule has 1 fully saturated rings. The Morgan fingerprint density at radius 2 is 1.66 bits per heavy atom. The average molecular weight is 795 g/mol. The van der Waals surface area contributed by atoms with E-state index in [0.717, 1.165) is 53.7 Å². The maximum Gasteiger partial charge on any atom is 0.410 e. The van der Waals surface area contributed by atoms with E-state index in [1.807, 2.05) is 70.2 Å². The fraction of sp³-hybridized carbons (Fsp3) is 0.500. The summed E-state index contributed by atoms with van der Waals surface area (Å²) in [7, 11) is 1.74. The monoisotopic (exact) mass is 794 g/mol. The number of unbranched alkanes of at least 4 members (excludes halogenated alkanes) is 2. The Morgan fingerprint density at radius 1 is 0.966 bits per heavy atom. The first-order valence-electron chi connectivity index (χ1n) is 21.0. The number of carbonyl (C=O) groups excluding carboxylic acids is 1. The summed E-state index contributed by atoms with van der Waals surface area (Å²) in [6.45, 7) is 13.0. The molecule has 3 aromatic carbocycles. The van der Waals surface area contributed by atoms with Crippen LogP contribution in [0, 0.1) is 23.2 Å². The Labute approximate surface area is 344 Å². The zero-order valence-electron chi connectivity index (χ0n) is 34.9. The van der Waals surface area contributed by atoms with Crippen molar-refractivity contribution in [1.82, 2.24) is 4.90 Å². The molecule has 3 aliphatic rings. The normalized spacial score (nSPS) is 24.2. The van der Waals surface area contributed by atoms with Gasteiger partial charge in [-0.3, -0.25) is 0 Å². The molecule has 10 nitrogen and oxygen atoms in total. The minimum Gasteiger partial charge on any atom is -0.459 e. The maximum atomic E-state index is 14.0. The standard InChI is InChI=1S/C48H62N2O8/c1-7-28-55-48-43(50(6)46(53)54-32-47(3,4)5)31-41(49-56-8-2)39-29-35(18-12-14-26-51)38(19-13-15-27-52)44(45(39)48)40-30-37(24-25-42(40)58-48)57-36-22-20-34(21-23-36)33-16-10-9-11-17-33/h7,9-11,16-17,20-25,29-30,35,38,43-45,51-52H,1,8,12-15,18-19,26-28,31-32H2,2-6H3/t35-,38+,43-,44+,45+,48+/m0/s1. The number of fused-ring (bicyclic) bond motifs is 2. The predicted octanol–water partition coefficient (Wildman–Crippen LogP) is 9.91. The van der Waals surface area contributed by atoms with Crippen LogP contribution in [0.1, 0.15) is 84.1 Å². The van der Waals surface area contributed by atoms with Crippen molar-refractivity contribution < 1.29 is 38.8 Å². The number of aliphatic hydroxyl groups is 2. The molecule has 1 aliphatic heterocycles. The summed E-state index contributed by atoms with van der Waals surface area (Å²) in [4.78, 5) is 21.4. The molecule has 0 spiro atoms. The van der Waals surface area contributed by atoms with Gasteiger partial charge in [-0.2, -0.15) is 0 Å². The summed E-state index contributed by atoms with van der Waals surface area (Å²) in [6.07, 6.45) is 8.64. The van der Waals surface area contributed by atoms with Crippen LogP contribution >= 0.6 is 0 Å². The fourth-order valence-electron chi connectivity index (χ4n) is 8.92. The van der Waals surface area contributed by atoms with E-state index in [9.17, 15) is 15.0 Å². The molecule has 0 unspecified atom stereocenters. The molecule has 1 amide bonds. The highest BCUT2D eigenvalue weighted by Crippen LogP contribution is 2.62. The second kappa shape index (κ2) is 19.4. The Kier molecular flexibility index (Phi) is 14.4. The molecule has 0 radical (unpaired) electrons. The number of likely N-dealkylation sites (N-methyl/N-ethyl adjacent to an activating group) is 1. The van der Waals surface area contributed by atoms with Gasteiger partial charge in [0, 0.05) is 38.2 Å². The first kappa shape index (κ1) is 43.0. The number of nitrogens with zero attached hydrogens (tertiary/aromatic N) is 2. The quantitative estimate of drug-likeness (QED) is 0.0743. The highest BCUT2D eigenvalue weighted by Gasteiger charge is 2.65. The topological polar surface area (TPSA) is 119 Å². The molecule has 10 heteroatoms. The van der Waals surface area contributed by atoms with E-state index in [-0.39, 0.29) is 49.6 Å². The van der Waals surface area contributed by atoms with Crippen LogP contribution in [0.2, 0.25) is 0 Å². The first-order chi connectivity index (χ1) is 28.0. The number of ether oxygens (including phenoxy) is 4. The van der Waals surface area contributed by atoms with E-state index in [1.165, 1.54) is 0 Å². The summed E-state index contributed by atoms with van der Waals surface area (Å²) in [5.74, 6) is 0.343. The largest absolute Gasteiger partial charge is 0.459 e. The predicted molar refractivity (Wildman–Crippen MR) is 227 cm³/mol. The summed E-state index contributed by atoms with van der Waals surface area (Å²) >= 11 is 0. The van der Waals surface area contributed by atoms with Gasteiger partial charge in [0.25, 0.3) is 0 Å². The summed E-state index contributed by atoms with van der Waals surface area (Å²) < 4.78 is 26.7. The number of carbonyl (C=O) groups is 1. The van der Waals surface area contributed by atoms with Crippen molar-refractivity contribution in [3.8, 4) is 28.4 Å².